The fourth-order valence-corrected chi connectivity index (χ4v) is 3.95. The van der Waals surface area contributed by atoms with E-state index in [1.54, 1.807) is 0 Å². The Morgan fingerprint density at radius 3 is 2.88 bits per heavy atom. The lowest BCUT2D eigenvalue weighted by molar-refractivity contribution is 0.0935. The molecule has 0 spiro atoms. The second-order valence-electron chi connectivity index (χ2n) is 6.04. The molecule has 0 radical (unpaired) electrons. The average Bonchev–Trinajstić information content (AvgIpc) is 3.12. The normalized spacial score (nSPS) is 19.8. The summed E-state index contributed by atoms with van der Waals surface area (Å²) in [4.78, 5) is 14.2. The number of carbonyl (C=O) groups is 1. The maximum atomic E-state index is 12.4. The van der Waals surface area contributed by atoms with E-state index in [-0.39, 0.29) is 11.9 Å². The van der Waals surface area contributed by atoms with Gasteiger partial charge in [-0.05, 0) is 55.3 Å². The van der Waals surface area contributed by atoms with E-state index in [1.807, 2.05) is 30.3 Å². The number of rotatable bonds is 3. The highest BCUT2D eigenvalue weighted by molar-refractivity contribution is 7.17. The van der Waals surface area contributed by atoms with Gasteiger partial charge >= 0.3 is 0 Å². The topological polar surface area (TPSA) is 59.6 Å². The summed E-state index contributed by atoms with van der Waals surface area (Å²) < 4.78 is 11.2. The Morgan fingerprint density at radius 1 is 1.17 bits per heavy atom. The van der Waals surface area contributed by atoms with Gasteiger partial charge in [0.1, 0.15) is 13.2 Å². The van der Waals surface area contributed by atoms with E-state index in [4.69, 9.17) is 9.47 Å². The van der Waals surface area contributed by atoms with Crippen LogP contribution in [0.4, 0.5) is 0 Å². The Kier molecular flexibility index (Phi) is 4.40. The molecule has 1 saturated heterocycles. The fraction of sp³-hybridized carbons (Fsp3) is 0.389. The van der Waals surface area contributed by atoms with Crippen molar-refractivity contribution >= 4 is 17.2 Å². The predicted octanol–water partition coefficient (Wildman–Crippen LogP) is 2.67. The van der Waals surface area contributed by atoms with Gasteiger partial charge < -0.3 is 20.1 Å². The summed E-state index contributed by atoms with van der Waals surface area (Å²) in [5.74, 6) is 1.56. The fourth-order valence-electron chi connectivity index (χ4n) is 3.04. The molecule has 2 N–H and O–H groups in total. The van der Waals surface area contributed by atoms with Crippen molar-refractivity contribution in [1.29, 1.82) is 0 Å². The number of fused-ring (bicyclic) bond motifs is 1. The first-order valence-corrected chi connectivity index (χ1v) is 9.13. The van der Waals surface area contributed by atoms with Gasteiger partial charge in [0.15, 0.2) is 11.5 Å². The number of carbonyl (C=O) groups excluding carboxylic acids is 1. The van der Waals surface area contributed by atoms with Crippen molar-refractivity contribution < 1.29 is 14.3 Å². The molecule has 6 heteroatoms. The van der Waals surface area contributed by atoms with Gasteiger partial charge in [-0.1, -0.05) is 0 Å². The highest BCUT2D eigenvalue weighted by atomic mass is 32.1. The third-order valence-electron chi connectivity index (χ3n) is 4.29. The second-order valence-corrected chi connectivity index (χ2v) is 7.12. The minimum atomic E-state index is 0.0116. The molecule has 0 saturated carbocycles. The van der Waals surface area contributed by atoms with Crippen LogP contribution in [0.3, 0.4) is 0 Å². The number of amides is 1. The quantitative estimate of drug-likeness (QED) is 0.899. The van der Waals surface area contributed by atoms with Crippen LogP contribution >= 0.6 is 11.3 Å². The summed E-state index contributed by atoms with van der Waals surface area (Å²) in [7, 11) is 0. The molecule has 4 rings (SSSR count). The van der Waals surface area contributed by atoms with E-state index < -0.39 is 0 Å². The van der Waals surface area contributed by atoms with E-state index in [1.165, 1.54) is 11.3 Å². The number of hydrogen-bond acceptors (Lipinski definition) is 5. The molecule has 1 aromatic carbocycles. The minimum absolute atomic E-state index is 0.0116. The van der Waals surface area contributed by atoms with Gasteiger partial charge in [-0.15, -0.1) is 11.3 Å². The van der Waals surface area contributed by atoms with Gasteiger partial charge in [0.2, 0.25) is 0 Å². The third-order valence-corrected chi connectivity index (χ3v) is 5.42. The molecule has 1 amide bonds. The van der Waals surface area contributed by atoms with E-state index in [9.17, 15) is 4.79 Å². The summed E-state index contributed by atoms with van der Waals surface area (Å²) in [5.41, 5.74) is 1.04. The van der Waals surface area contributed by atoms with Crippen LogP contribution in [0.15, 0.2) is 30.3 Å². The van der Waals surface area contributed by atoms with Crippen molar-refractivity contribution in [3.05, 3.63) is 35.2 Å². The number of thiophene rings is 1. The number of ether oxygens (including phenoxy) is 2. The smallest absolute Gasteiger partial charge is 0.261 e. The maximum Gasteiger partial charge on any atom is 0.261 e. The Hall–Kier alpha value is -2.05. The summed E-state index contributed by atoms with van der Waals surface area (Å²) in [6.07, 6.45) is 2.15. The molecule has 126 valence electrons. The molecule has 1 aromatic heterocycles. The first-order chi connectivity index (χ1) is 11.8. The van der Waals surface area contributed by atoms with E-state index in [0.29, 0.717) is 13.2 Å². The van der Waals surface area contributed by atoms with Crippen molar-refractivity contribution in [1.82, 2.24) is 10.6 Å². The zero-order chi connectivity index (χ0) is 16.4. The SMILES string of the molecule is O=C(NC1CCCNC1)c1ccc(-c2ccc3c(c2)OCCO3)s1. The lowest BCUT2D eigenvalue weighted by atomic mass is 10.1. The molecule has 1 unspecified atom stereocenters. The second kappa shape index (κ2) is 6.83. The monoisotopic (exact) mass is 344 g/mol. The van der Waals surface area contributed by atoms with E-state index >= 15 is 0 Å². The largest absolute Gasteiger partial charge is 0.486 e. The average molecular weight is 344 g/mol. The summed E-state index contributed by atoms with van der Waals surface area (Å²) in [6, 6.07) is 10.0. The van der Waals surface area contributed by atoms with Crippen molar-refractivity contribution in [2.75, 3.05) is 26.3 Å². The minimum Gasteiger partial charge on any atom is -0.486 e. The molecule has 1 fully saturated rings. The van der Waals surface area contributed by atoms with Crippen molar-refractivity contribution in [3.8, 4) is 21.9 Å². The highest BCUT2D eigenvalue weighted by Crippen LogP contribution is 2.36. The zero-order valence-corrected chi connectivity index (χ0v) is 14.2. The van der Waals surface area contributed by atoms with Crippen LogP contribution in [0, 0.1) is 0 Å². The summed E-state index contributed by atoms with van der Waals surface area (Å²) in [6.45, 7) is 3.06. The van der Waals surface area contributed by atoms with Gasteiger partial charge in [-0.3, -0.25) is 4.79 Å². The van der Waals surface area contributed by atoms with Gasteiger partial charge in [0.05, 0.1) is 4.88 Å². The molecule has 3 heterocycles. The third kappa shape index (κ3) is 3.25. The van der Waals surface area contributed by atoms with Crippen molar-refractivity contribution in [2.45, 2.75) is 18.9 Å². The number of hydrogen-bond donors (Lipinski definition) is 2. The zero-order valence-electron chi connectivity index (χ0n) is 13.3. The van der Waals surface area contributed by atoms with Crippen molar-refractivity contribution in [2.24, 2.45) is 0 Å². The molecule has 2 aliphatic rings. The first-order valence-electron chi connectivity index (χ1n) is 8.31. The molecule has 0 aliphatic carbocycles. The van der Waals surface area contributed by atoms with Crippen LogP contribution in [-0.4, -0.2) is 38.3 Å². The molecule has 1 atom stereocenters. The van der Waals surface area contributed by atoms with Crippen LogP contribution in [-0.2, 0) is 0 Å². The first kappa shape index (κ1) is 15.5. The molecule has 2 aromatic rings. The number of benzene rings is 1. The van der Waals surface area contributed by atoms with Crippen LogP contribution in [0.2, 0.25) is 0 Å². The predicted molar refractivity (Wildman–Crippen MR) is 94.1 cm³/mol. The van der Waals surface area contributed by atoms with Crippen LogP contribution in [0.5, 0.6) is 11.5 Å². The van der Waals surface area contributed by atoms with Gasteiger partial charge in [0.25, 0.3) is 5.91 Å². The summed E-state index contributed by atoms with van der Waals surface area (Å²) >= 11 is 1.50. The number of piperidine rings is 1. The molecule has 0 bridgehead atoms. The van der Waals surface area contributed by atoms with Gasteiger partial charge in [-0.25, -0.2) is 0 Å². The molecule has 24 heavy (non-hydrogen) atoms. The maximum absolute atomic E-state index is 12.4. The lowest BCUT2D eigenvalue weighted by Crippen LogP contribution is -2.45. The molecular weight excluding hydrogens is 324 g/mol. The van der Waals surface area contributed by atoms with Gasteiger partial charge in [-0.2, -0.15) is 0 Å². The highest BCUT2D eigenvalue weighted by Gasteiger charge is 2.18. The standard InChI is InChI=1S/C18H20N2O3S/c21-18(20-13-2-1-7-19-11-13)17-6-5-16(24-17)12-3-4-14-15(10-12)23-9-8-22-14/h3-6,10,13,19H,1-2,7-9,11H2,(H,20,21). The van der Waals surface area contributed by atoms with E-state index in [2.05, 4.69) is 10.6 Å². The Balaban J connectivity index is 1.48. The van der Waals surface area contributed by atoms with Crippen molar-refractivity contribution in [3.63, 3.8) is 0 Å². The Labute approximate surface area is 145 Å². The molecule has 5 nitrogen and oxygen atoms in total. The van der Waals surface area contributed by atoms with E-state index in [0.717, 1.165) is 52.7 Å². The lowest BCUT2D eigenvalue weighted by Gasteiger charge is -2.23. The van der Waals surface area contributed by atoms with Crippen LogP contribution in [0.25, 0.3) is 10.4 Å². The van der Waals surface area contributed by atoms with Gasteiger partial charge in [0, 0.05) is 17.5 Å². The Bertz CT molecular complexity index is 738. The number of nitrogens with one attached hydrogen (secondary N) is 2. The van der Waals surface area contributed by atoms with Crippen LogP contribution in [0.1, 0.15) is 22.5 Å². The summed E-state index contributed by atoms with van der Waals surface area (Å²) in [5, 5.41) is 6.43. The molecule has 2 aliphatic heterocycles. The Morgan fingerprint density at radius 2 is 2.04 bits per heavy atom. The molecular formula is C18H20N2O3S. The van der Waals surface area contributed by atoms with Crippen LogP contribution < -0.4 is 20.1 Å².